The Morgan fingerprint density at radius 2 is 1.91 bits per heavy atom. The topological polar surface area (TPSA) is 154 Å². The maximum Gasteiger partial charge on any atom is 0.324 e. The number of methoxy groups -OCH3 is 1. The highest BCUT2D eigenvalue weighted by atomic mass is 32.1. The number of esters is 1. The smallest absolute Gasteiger partial charge is 0.324 e. The van der Waals surface area contributed by atoms with Gasteiger partial charge in [-0.05, 0) is 88.7 Å². The molecule has 0 radical (unpaired) electrons. The zero-order valence-electron chi connectivity index (χ0n) is 38.9. The van der Waals surface area contributed by atoms with Gasteiger partial charge in [0.25, 0.3) is 5.91 Å². The van der Waals surface area contributed by atoms with Crippen molar-refractivity contribution in [3.63, 3.8) is 0 Å². The number of nitrogens with one attached hydrogen (secondary N) is 2. The number of carbonyl (C=O) groups is 4. The second-order valence-corrected chi connectivity index (χ2v) is 20.4. The van der Waals surface area contributed by atoms with Crippen molar-refractivity contribution in [2.45, 2.75) is 116 Å². The summed E-state index contributed by atoms with van der Waals surface area (Å²) in [4.78, 5) is 73.0. The third-order valence-corrected chi connectivity index (χ3v) is 14.5. The molecule has 2 saturated heterocycles. The number of rotatable bonds is 8. The van der Waals surface area contributed by atoms with E-state index in [1.165, 1.54) is 16.3 Å². The van der Waals surface area contributed by atoms with Crippen molar-refractivity contribution < 1.29 is 28.7 Å². The van der Waals surface area contributed by atoms with Crippen LogP contribution in [-0.4, -0.2) is 136 Å². The van der Waals surface area contributed by atoms with Crippen LogP contribution in [0.3, 0.4) is 0 Å². The Kier molecular flexibility index (Phi) is 13.0. The first kappa shape index (κ1) is 45.7. The average molecular weight is 896 g/mol. The van der Waals surface area contributed by atoms with E-state index in [-0.39, 0.29) is 42.5 Å². The monoisotopic (exact) mass is 895 g/mol. The first-order chi connectivity index (χ1) is 30.5. The molecule has 4 amide bonds. The van der Waals surface area contributed by atoms with Crippen LogP contribution in [-0.2, 0) is 43.2 Å². The lowest BCUT2D eigenvalue weighted by Gasteiger charge is -2.44. The number of amides is 4. The number of likely N-dealkylation sites (N-methyl/N-ethyl adjacent to an activating group) is 2. The fourth-order valence-electron chi connectivity index (χ4n) is 10.1. The van der Waals surface area contributed by atoms with Crippen molar-refractivity contribution in [2.75, 3.05) is 54.0 Å². The number of benzene rings is 1. The Bertz CT molecular complexity index is 2410. The highest BCUT2D eigenvalue weighted by Gasteiger charge is 2.54. The lowest BCUT2D eigenvalue weighted by molar-refractivity contribution is -0.155. The van der Waals surface area contributed by atoms with Crippen molar-refractivity contribution in [2.24, 2.45) is 11.3 Å². The van der Waals surface area contributed by atoms with E-state index in [1.807, 2.05) is 37.1 Å². The van der Waals surface area contributed by atoms with Crippen LogP contribution >= 0.6 is 11.3 Å². The Morgan fingerprint density at radius 1 is 1.12 bits per heavy atom. The Hall–Kier alpha value is -4.90. The molecule has 15 nitrogen and oxygen atoms in total. The zero-order valence-corrected chi connectivity index (χ0v) is 39.7. The van der Waals surface area contributed by atoms with E-state index in [4.69, 9.17) is 19.4 Å². The van der Waals surface area contributed by atoms with Gasteiger partial charge in [-0.2, -0.15) is 0 Å². The fourth-order valence-corrected chi connectivity index (χ4v) is 11.0. The molecule has 1 aliphatic carbocycles. The summed E-state index contributed by atoms with van der Waals surface area (Å²) in [6.45, 7) is 15.6. The number of urea groups is 1. The second-order valence-electron chi connectivity index (χ2n) is 19.5. The highest BCUT2D eigenvalue weighted by molar-refractivity contribution is 7.10. The third-order valence-electron chi connectivity index (χ3n) is 13.7. The number of aryl methyl sites for hydroxylation is 1. The van der Waals surface area contributed by atoms with E-state index in [2.05, 4.69) is 72.3 Å². The summed E-state index contributed by atoms with van der Waals surface area (Å²) in [6, 6.07) is 7.69. The summed E-state index contributed by atoms with van der Waals surface area (Å²) in [7, 11) is 5.47. The van der Waals surface area contributed by atoms with Crippen molar-refractivity contribution in [3.05, 3.63) is 58.2 Å². The van der Waals surface area contributed by atoms with Crippen LogP contribution in [0.5, 0.6) is 0 Å². The number of cyclic esters (lactones) is 1. The minimum atomic E-state index is -1.03. The van der Waals surface area contributed by atoms with E-state index in [0.717, 1.165) is 70.6 Å². The van der Waals surface area contributed by atoms with Gasteiger partial charge in [0.2, 0.25) is 5.91 Å². The quantitative estimate of drug-likeness (QED) is 0.200. The number of hydrogen-bond acceptors (Lipinski definition) is 11. The van der Waals surface area contributed by atoms with Crippen molar-refractivity contribution >= 4 is 46.1 Å². The van der Waals surface area contributed by atoms with Gasteiger partial charge >= 0.3 is 12.0 Å². The van der Waals surface area contributed by atoms with Gasteiger partial charge in [0, 0.05) is 92.3 Å². The van der Waals surface area contributed by atoms with Crippen molar-refractivity contribution in [1.82, 2.24) is 45.0 Å². The number of carbonyl (C=O) groups excluding carboxylic acids is 4. The third kappa shape index (κ3) is 8.90. The first-order valence-corrected chi connectivity index (χ1v) is 23.8. The maximum atomic E-state index is 14.7. The van der Waals surface area contributed by atoms with E-state index >= 15 is 0 Å². The number of fused-ring (bicyclic) bond motifs is 6. The number of aromatic nitrogens is 3. The first-order valence-electron chi connectivity index (χ1n) is 22.9. The molecule has 3 aromatic heterocycles. The summed E-state index contributed by atoms with van der Waals surface area (Å²) >= 11 is 1.44. The maximum absolute atomic E-state index is 14.7. The standard InChI is InChI=1S/C48H65N9O6S/c1-10-55-38-16-15-31-23-33(38)34(42(55)32-13-11-19-49-40(32)30(4)62-9)25-47(5,6)28-63-45(60)35-14-12-20-57(52-35)44(59)36(24-39-50-37(31)26-64-39)51-43(58)41(29(2)3)54(8)46(61)56-22-21-53(7)27-48(56)17-18-48/h11,13,15-16,19,23,26,29-30,35-36,41,52H,10,12,14,17-18,20-22,24-25,27-28H2,1-9H3,(H,51,58)/t30-,35-,36-,41?/m0/s1. The predicted octanol–water partition coefficient (Wildman–Crippen LogP) is 6.06. The van der Waals surface area contributed by atoms with Crippen LogP contribution in [0.1, 0.15) is 89.6 Å². The van der Waals surface area contributed by atoms with Crippen LogP contribution in [0.25, 0.3) is 33.4 Å². The molecule has 4 atom stereocenters. The van der Waals surface area contributed by atoms with E-state index in [0.29, 0.717) is 43.9 Å². The zero-order chi connectivity index (χ0) is 45.7. The van der Waals surface area contributed by atoms with Crippen LogP contribution in [0, 0.1) is 11.3 Å². The average Bonchev–Trinajstić information content (AvgIpc) is 3.74. The summed E-state index contributed by atoms with van der Waals surface area (Å²) in [5.41, 5.74) is 9.24. The molecule has 4 aliphatic rings. The number of nitrogens with zero attached hydrogens (tertiary/aromatic N) is 7. The lowest BCUT2D eigenvalue weighted by Crippen LogP contribution is -2.64. The molecule has 3 aliphatic heterocycles. The number of pyridine rings is 1. The van der Waals surface area contributed by atoms with Gasteiger partial charge in [-0.1, -0.05) is 33.8 Å². The molecular formula is C48H65N9O6S. The van der Waals surface area contributed by atoms with Crippen LogP contribution in [0.15, 0.2) is 41.9 Å². The molecule has 16 heteroatoms. The Labute approximate surface area is 380 Å². The summed E-state index contributed by atoms with van der Waals surface area (Å²) < 4.78 is 14.3. The molecule has 2 N–H and O–H groups in total. The van der Waals surface area contributed by atoms with Gasteiger partial charge in [0.1, 0.15) is 18.1 Å². The number of hydrazine groups is 1. The van der Waals surface area contributed by atoms with Gasteiger partial charge in [-0.25, -0.2) is 15.2 Å². The molecule has 8 rings (SSSR count). The van der Waals surface area contributed by atoms with Crippen LogP contribution in [0.4, 0.5) is 4.79 Å². The number of hydrogen-bond donors (Lipinski definition) is 2. The van der Waals surface area contributed by atoms with Crippen molar-refractivity contribution in [3.8, 4) is 22.5 Å². The lowest BCUT2D eigenvalue weighted by atomic mass is 9.84. The number of ether oxygens (including phenoxy) is 2. The molecule has 3 fully saturated rings. The Morgan fingerprint density at radius 3 is 2.62 bits per heavy atom. The molecule has 1 aromatic carbocycles. The molecule has 1 unspecified atom stereocenters. The molecule has 344 valence electrons. The van der Waals surface area contributed by atoms with Gasteiger partial charge in [0.15, 0.2) is 0 Å². The molecule has 4 aromatic rings. The Balaban J connectivity index is 1.17. The van der Waals surface area contributed by atoms with E-state index in [9.17, 15) is 19.2 Å². The molecule has 1 spiro atoms. The summed E-state index contributed by atoms with van der Waals surface area (Å²) in [6.07, 6.45) is 5.21. The van der Waals surface area contributed by atoms with Gasteiger partial charge in [0.05, 0.1) is 40.3 Å². The molecular weight excluding hydrogens is 831 g/mol. The SMILES string of the molecule is CCn1c(-c2cccnc2[C@H](C)OC)c2c3cc(ccc31)-c1csc(n1)C[C@H](NC(=O)C(C(C)C)N(C)C(=O)N1CCN(C)CC13CC3)C(=O)N1CCC[C@H](N1)C(=O)OCC(C)(C)C2. The predicted molar refractivity (Wildman–Crippen MR) is 247 cm³/mol. The van der Waals surface area contributed by atoms with Crippen molar-refractivity contribution in [1.29, 1.82) is 0 Å². The van der Waals surface area contributed by atoms with E-state index in [1.54, 1.807) is 25.3 Å². The summed E-state index contributed by atoms with van der Waals surface area (Å²) in [5.74, 6) is -1.47. The van der Waals surface area contributed by atoms with Gasteiger partial charge < -0.3 is 34.1 Å². The normalized spacial score (nSPS) is 22.3. The van der Waals surface area contributed by atoms with Crippen LogP contribution in [0.2, 0.25) is 0 Å². The van der Waals surface area contributed by atoms with E-state index < -0.39 is 35.4 Å². The molecule has 1 saturated carbocycles. The van der Waals surface area contributed by atoms with Gasteiger partial charge in [-0.3, -0.25) is 24.4 Å². The second kappa shape index (κ2) is 18.2. The minimum Gasteiger partial charge on any atom is -0.464 e. The molecule has 6 bridgehead atoms. The number of thiazole rings is 1. The fraction of sp³-hybridized carbons (Fsp3) is 0.583. The van der Waals surface area contributed by atoms with Gasteiger partial charge in [-0.15, -0.1) is 11.3 Å². The minimum absolute atomic E-state index is 0.117. The number of piperazine rings is 1. The molecule has 6 heterocycles. The van der Waals surface area contributed by atoms with Crippen LogP contribution < -0.4 is 10.7 Å². The summed E-state index contributed by atoms with van der Waals surface area (Å²) in [5, 5.41) is 8.28. The highest BCUT2D eigenvalue weighted by Crippen LogP contribution is 2.45. The largest absolute Gasteiger partial charge is 0.464 e. The molecule has 64 heavy (non-hydrogen) atoms.